The zero-order valence-electron chi connectivity index (χ0n) is 21.3. The Hall–Kier alpha value is -2.36. The van der Waals surface area contributed by atoms with Crippen molar-refractivity contribution >= 4 is 50.8 Å². The zero-order valence-corrected chi connectivity index (χ0v) is 23.7. The summed E-state index contributed by atoms with van der Waals surface area (Å²) in [5.41, 5.74) is 1.08. The molecule has 1 fully saturated rings. The summed E-state index contributed by atoms with van der Waals surface area (Å²) in [7, 11) is -4.07. The van der Waals surface area contributed by atoms with Gasteiger partial charge in [-0.3, -0.25) is 4.79 Å². The Morgan fingerprint density at radius 2 is 1.70 bits per heavy atom. The minimum absolute atomic E-state index is 0.00381. The van der Waals surface area contributed by atoms with Crippen molar-refractivity contribution in [2.75, 3.05) is 0 Å². The molecule has 0 aromatic heterocycles. The summed E-state index contributed by atoms with van der Waals surface area (Å²) in [5, 5.41) is 11.7. The fraction of sp³-hybridized carbons (Fsp3) is 0.444. The van der Waals surface area contributed by atoms with Crippen LogP contribution in [0.5, 0.6) is 5.75 Å². The van der Waals surface area contributed by atoms with Gasteiger partial charge in [0.1, 0.15) is 4.90 Å². The molecule has 1 heterocycles. The number of nitrogens with one attached hydrogen (secondary N) is 1. The fourth-order valence-corrected chi connectivity index (χ4v) is 6.01. The molecular weight excluding hydrogens is 530 g/mol. The van der Waals surface area contributed by atoms with Crippen molar-refractivity contribution < 1.29 is 17.4 Å². The summed E-state index contributed by atoms with van der Waals surface area (Å²) in [6.45, 7) is 3.97. The SMILES string of the molecule is CCCCCCCCCC[C@@H]1S/C(=N\N=C/c2cccc(C)c2OS(=O)(=O)c2ccc(Cl)cc2)NC1=O. The third-order valence-corrected chi connectivity index (χ3v) is 8.61. The van der Waals surface area contributed by atoms with E-state index in [1.807, 2.05) is 0 Å². The number of carbonyl (C=O) groups is 1. The number of thioether (sulfide) groups is 1. The van der Waals surface area contributed by atoms with E-state index in [4.69, 9.17) is 15.8 Å². The largest absolute Gasteiger partial charge is 0.378 e. The van der Waals surface area contributed by atoms with Gasteiger partial charge >= 0.3 is 10.1 Å². The van der Waals surface area contributed by atoms with Crippen LogP contribution in [0.15, 0.2) is 57.6 Å². The summed E-state index contributed by atoms with van der Waals surface area (Å²) in [6.07, 6.45) is 12.0. The van der Waals surface area contributed by atoms with Gasteiger partial charge in [-0.2, -0.15) is 13.5 Å². The maximum absolute atomic E-state index is 12.8. The van der Waals surface area contributed by atoms with Gasteiger partial charge in [-0.05, 0) is 49.2 Å². The average molecular weight is 564 g/mol. The summed E-state index contributed by atoms with van der Waals surface area (Å²) in [4.78, 5) is 12.3. The Labute approximate surface area is 229 Å². The molecule has 7 nitrogen and oxygen atoms in total. The quantitative estimate of drug-likeness (QED) is 0.117. The van der Waals surface area contributed by atoms with E-state index in [9.17, 15) is 13.2 Å². The van der Waals surface area contributed by atoms with Crippen molar-refractivity contribution in [1.82, 2.24) is 5.32 Å². The number of carbonyl (C=O) groups excluding carboxylic acids is 1. The summed E-state index contributed by atoms with van der Waals surface area (Å²) in [5.74, 6) is 0.118. The number of benzene rings is 2. The third-order valence-electron chi connectivity index (χ3n) is 5.98. The van der Waals surface area contributed by atoms with Crippen LogP contribution in [-0.2, 0) is 14.9 Å². The van der Waals surface area contributed by atoms with Crippen LogP contribution >= 0.6 is 23.4 Å². The van der Waals surface area contributed by atoms with E-state index in [-0.39, 0.29) is 21.8 Å². The molecule has 1 aliphatic heterocycles. The highest BCUT2D eigenvalue weighted by Crippen LogP contribution is 2.28. The molecule has 0 saturated carbocycles. The molecule has 1 aliphatic rings. The number of amidine groups is 1. The number of hydrogen-bond acceptors (Lipinski definition) is 7. The number of unbranched alkanes of at least 4 members (excludes halogenated alkanes) is 7. The van der Waals surface area contributed by atoms with Gasteiger partial charge in [0, 0.05) is 10.6 Å². The standard InChI is InChI=1S/C27H34ClN3O4S2/c1-3-4-5-6-7-8-9-10-14-24-26(32)30-27(36-24)31-29-19-21-13-11-12-20(2)25(21)35-37(33,34)23-17-15-22(28)16-18-23/h11-13,15-19,24H,3-10,14H2,1-2H3,(H,30,31,32)/b29-19-/t24-/m0/s1. The highest BCUT2D eigenvalue weighted by molar-refractivity contribution is 8.15. The van der Waals surface area contributed by atoms with Crippen LogP contribution in [0.25, 0.3) is 0 Å². The number of amides is 1. The van der Waals surface area contributed by atoms with Crippen molar-refractivity contribution in [2.45, 2.75) is 81.8 Å². The molecule has 1 saturated heterocycles. The van der Waals surface area contributed by atoms with Crippen molar-refractivity contribution in [3.8, 4) is 5.75 Å². The highest BCUT2D eigenvalue weighted by atomic mass is 35.5. The van der Waals surface area contributed by atoms with Crippen LogP contribution in [0.1, 0.15) is 75.8 Å². The minimum atomic E-state index is -4.07. The van der Waals surface area contributed by atoms with Crippen molar-refractivity contribution in [2.24, 2.45) is 10.2 Å². The lowest BCUT2D eigenvalue weighted by Gasteiger charge is -2.11. The molecule has 0 spiro atoms. The van der Waals surface area contributed by atoms with Gasteiger partial charge < -0.3 is 9.50 Å². The third kappa shape index (κ3) is 9.16. The van der Waals surface area contributed by atoms with E-state index in [0.29, 0.717) is 21.3 Å². The molecule has 1 amide bonds. The van der Waals surface area contributed by atoms with E-state index in [0.717, 1.165) is 19.3 Å². The number of para-hydroxylation sites is 1. The molecule has 1 atom stereocenters. The minimum Gasteiger partial charge on any atom is -0.378 e. The van der Waals surface area contributed by atoms with E-state index in [2.05, 4.69) is 22.4 Å². The van der Waals surface area contributed by atoms with Gasteiger partial charge in [0.25, 0.3) is 0 Å². The molecule has 0 aliphatic carbocycles. The van der Waals surface area contributed by atoms with E-state index >= 15 is 0 Å². The van der Waals surface area contributed by atoms with Gasteiger partial charge in [-0.15, -0.1) is 5.10 Å². The van der Waals surface area contributed by atoms with Gasteiger partial charge in [0.05, 0.1) is 11.5 Å². The first-order valence-electron chi connectivity index (χ1n) is 12.7. The monoisotopic (exact) mass is 563 g/mol. The summed E-state index contributed by atoms with van der Waals surface area (Å²) < 4.78 is 31.0. The van der Waals surface area contributed by atoms with Crippen LogP contribution in [-0.4, -0.2) is 31.0 Å². The molecule has 0 unspecified atom stereocenters. The van der Waals surface area contributed by atoms with Gasteiger partial charge in [0.15, 0.2) is 10.9 Å². The van der Waals surface area contributed by atoms with E-state index < -0.39 is 10.1 Å². The molecular formula is C27H34ClN3O4S2. The lowest BCUT2D eigenvalue weighted by atomic mass is 10.1. The molecule has 2 aromatic carbocycles. The van der Waals surface area contributed by atoms with Gasteiger partial charge in [0.2, 0.25) is 5.91 Å². The summed E-state index contributed by atoms with van der Waals surface area (Å²) >= 11 is 7.25. The number of halogens is 1. The number of rotatable bonds is 14. The van der Waals surface area contributed by atoms with E-state index in [1.54, 1.807) is 25.1 Å². The van der Waals surface area contributed by atoms with E-state index in [1.165, 1.54) is 80.8 Å². The number of aryl methyl sites for hydroxylation is 1. The first-order valence-corrected chi connectivity index (χ1v) is 15.3. The Morgan fingerprint density at radius 3 is 2.41 bits per heavy atom. The predicted molar refractivity (Wildman–Crippen MR) is 152 cm³/mol. The topological polar surface area (TPSA) is 97.2 Å². The predicted octanol–water partition coefficient (Wildman–Crippen LogP) is 6.87. The second-order valence-electron chi connectivity index (χ2n) is 8.99. The molecule has 200 valence electrons. The fourth-order valence-electron chi connectivity index (χ4n) is 3.90. The first kappa shape index (κ1) is 29.2. The second-order valence-corrected chi connectivity index (χ2v) is 12.2. The lowest BCUT2D eigenvalue weighted by Crippen LogP contribution is -2.24. The van der Waals surface area contributed by atoms with Crippen LogP contribution < -0.4 is 9.50 Å². The lowest BCUT2D eigenvalue weighted by molar-refractivity contribution is -0.118. The molecule has 0 radical (unpaired) electrons. The van der Waals surface area contributed by atoms with Crippen LogP contribution in [0.4, 0.5) is 0 Å². The summed E-state index contributed by atoms with van der Waals surface area (Å²) in [6, 6.07) is 11.0. The Kier molecular flexibility index (Phi) is 11.5. The van der Waals surface area contributed by atoms with Crippen LogP contribution in [0.2, 0.25) is 5.02 Å². The maximum Gasteiger partial charge on any atom is 0.339 e. The van der Waals surface area contributed by atoms with Crippen LogP contribution in [0.3, 0.4) is 0 Å². The molecule has 10 heteroatoms. The first-order chi connectivity index (χ1) is 17.8. The maximum atomic E-state index is 12.8. The molecule has 0 bridgehead atoms. The van der Waals surface area contributed by atoms with Gasteiger partial charge in [-0.1, -0.05) is 93.8 Å². The Morgan fingerprint density at radius 1 is 1.03 bits per heavy atom. The van der Waals surface area contributed by atoms with Crippen molar-refractivity contribution in [3.05, 3.63) is 58.6 Å². The molecule has 1 N–H and O–H groups in total. The Bertz CT molecular complexity index is 1210. The second kappa shape index (κ2) is 14.5. The molecule has 2 aromatic rings. The normalized spacial score (nSPS) is 17.0. The average Bonchev–Trinajstić information content (AvgIpc) is 3.22. The number of hydrogen-bond donors (Lipinski definition) is 1. The zero-order chi connectivity index (χ0) is 26.7. The van der Waals surface area contributed by atoms with Crippen LogP contribution in [0, 0.1) is 6.92 Å². The van der Waals surface area contributed by atoms with Crippen molar-refractivity contribution in [1.29, 1.82) is 0 Å². The van der Waals surface area contributed by atoms with Gasteiger partial charge in [-0.25, -0.2) is 0 Å². The smallest absolute Gasteiger partial charge is 0.339 e. The molecule has 3 rings (SSSR count). The highest BCUT2D eigenvalue weighted by Gasteiger charge is 2.29. The number of nitrogens with zero attached hydrogens (tertiary/aromatic N) is 2. The van der Waals surface area contributed by atoms with Crippen molar-refractivity contribution in [3.63, 3.8) is 0 Å². The molecule has 37 heavy (non-hydrogen) atoms. The Balaban J connectivity index is 1.56.